The van der Waals surface area contributed by atoms with E-state index >= 15 is 0 Å². The third-order valence-corrected chi connectivity index (χ3v) is 5.70. The van der Waals surface area contributed by atoms with Gasteiger partial charge in [-0.05, 0) is 54.1 Å². The molecule has 1 heterocycles. The first-order valence-corrected chi connectivity index (χ1v) is 11.1. The van der Waals surface area contributed by atoms with Gasteiger partial charge in [0.25, 0.3) is 11.8 Å². The number of esters is 1. The smallest absolute Gasteiger partial charge is 0.416 e. The van der Waals surface area contributed by atoms with Crippen LogP contribution in [0.15, 0.2) is 60.7 Å². The Balaban J connectivity index is 1.64. The number of hydrogen-bond donors (Lipinski definition) is 1. The molecule has 39 heavy (non-hydrogen) atoms. The van der Waals surface area contributed by atoms with Crippen molar-refractivity contribution < 1.29 is 50.2 Å². The predicted molar refractivity (Wildman–Crippen MR) is 125 cm³/mol. The molecule has 0 unspecified atom stereocenters. The van der Waals surface area contributed by atoms with Gasteiger partial charge in [0.2, 0.25) is 0 Å². The van der Waals surface area contributed by atoms with Gasteiger partial charge in [0.05, 0.1) is 36.0 Å². The van der Waals surface area contributed by atoms with E-state index < -0.39 is 46.8 Å². The van der Waals surface area contributed by atoms with E-state index in [-0.39, 0.29) is 41.9 Å². The molecule has 1 aliphatic heterocycles. The SMILES string of the molecule is COC(=O)c1cccc(CN2C(=O)COc3ccc(NC(=O)c4cc(C(F)(F)F)cc(C(F)(F)F)c4)cc32)c1. The van der Waals surface area contributed by atoms with E-state index in [9.17, 15) is 40.7 Å². The zero-order valence-electron chi connectivity index (χ0n) is 19.9. The number of rotatable bonds is 5. The number of anilines is 2. The fourth-order valence-corrected chi connectivity index (χ4v) is 3.84. The van der Waals surface area contributed by atoms with Gasteiger partial charge in [-0.15, -0.1) is 0 Å². The molecule has 0 fully saturated rings. The predicted octanol–water partition coefficient (Wildman–Crippen LogP) is 5.69. The second-order valence-corrected chi connectivity index (χ2v) is 8.39. The third-order valence-electron chi connectivity index (χ3n) is 5.70. The van der Waals surface area contributed by atoms with Crippen LogP contribution in [0.2, 0.25) is 0 Å². The molecule has 0 bridgehead atoms. The average molecular weight is 552 g/mol. The number of benzene rings is 3. The second kappa shape index (κ2) is 10.3. The van der Waals surface area contributed by atoms with Crippen molar-refractivity contribution in [3.63, 3.8) is 0 Å². The van der Waals surface area contributed by atoms with Crippen LogP contribution in [0, 0.1) is 0 Å². The lowest BCUT2D eigenvalue weighted by molar-refractivity contribution is -0.143. The summed E-state index contributed by atoms with van der Waals surface area (Å²) in [5.41, 5.74) is -3.16. The van der Waals surface area contributed by atoms with E-state index in [1.165, 1.54) is 42.3 Å². The Morgan fingerprint density at radius 1 is 0.923 bits per heavy atom. The number of hydrogen-bond acceptors (Lipinski definition) is 5. The molecule has 13 heteroatoms. The molecule has 1 aliphatic rings. The zero-order valence-corrected chi connectivity index (χ0v) is 19.9. The van der Waals surface area contributed by atoms with E-state index in [1.807, 2.05) is 0 Å². The summed E-state index contributed by atoms with van der Waals surface area (Å²) in [7, 11) is 1.22. The van der Waals surface area contributed by atoms with Gasteiger partial charge in [-0.25, -0.2) is 4.79 Å². The summed E-state index contributed by atoms with van der Waals surface area (Å²) in [4.78, 5) is 38.5. The first kappa shape index (κ1) is 27.5. The van der Waals surface area contributed by atoms with Crippen molar-refractivity contribution >= 4 is 29.2 Å². The van der Waals surface area contributed by atoms with Crippen molar-refractivity contribution in [1.29, 1.82) is 0 Å². The highest BCUT2D eigenvalue weighted by Gasteiger charge is 2.37. The number of nitrogens with one attached hydrogen (secondary N) is 1. The summed E-state index contributed by atoms with van der Waals surface area (Å²) >= 11 is 0. The van der Waals surface area contributed by atoms with Gasteiger partial charge < -0.3 is 19.7 Å². The summed E-state index contributed by atoms with van der Waals surface area (Å²) in [5.74, 6) is -2.04. The van der Waals surface area contributed by atoms with Crippen molar-refractivity contribution in [3.8, 4) is 5.75 Å². The van der Waals surface area contributed by atoms with E-state index in [1.54, 1.807) is 12.1 Å². The van der Waals surface area contributed by atoms with Crippen LogP contribution in [0.4, 0.5) is 37.7 Å². The van der Waals surface area contributed by atoms with Crippen LogP contribution in [0.25, 0.3) is 0 Å². The number of methoxy groups -OCH3 is 1. The van der Waals surface area contributed by atoms with Gasteiger partial charge in [0.1, 0.15) is 5.75 Å². The third kappa shape index (κ3) is 6.13. The Hall–Kier alpha value is -4.55. The maximum Gasteiger partial charge on any atom is 0.416 e. The topological polar surface area (TPSA) is 84.9 Å². The van der Waals surface area contributed by atoms with Gasteiger partial charge in [-0.1, -0.05) is 12.1 Å². The quantitative estimate of drug-likeness (QED) is 0.325. The monoisotopic (exact) mass is 552 g/mol. The minimum Gasteiger partial charge on any atom is -0.482 e. The Bertz CT molecular complexity index is 1420. The molecule has 7 nitrogen and oxygen atoms in total. The second-order valence-electron chi connectivity index (χ2n) is 8.39. The Labute approximate surface area is 216 Å². The Kier molecular flexibility index (Phi) is 7.27. The molecule has 0 radical (unpaired) electrons. The van der Waals surface area contributed by atoms with Crippen molar-refractivity contribution in [2.24, 2.45) is 0 Å². The molecule has 0 saturated carbocycles. The molecule has 3 aromatic carbocycles. The number of fused-ring (bicyclic) bond motifs is 1. The van der Waals surface area contributed by atoms with Crippen LogP contribution < -0.4 is 15.0 Å². The highest BCUT2D eigenvalue weighted by atomic mass is 19.4. The van der Waals surface area contributed by atoms with Crippen molar-refractivity contribution in [1.82, 2.24) is 0 Å². The minimum atomic E-state index is -5.12. The summed E-state index contributed by atoms with van der Waals surface area (Å²) < 4.78 is 89.2. The van der Waals surface area contributed by atoms with Crippen LogP contribution in [-0.4, -0.2) is 31.5 Å². The summed E-state index contributed by atoms with van der Waals surface area (Å²) in [6, 6.07) is 10.9. The number of nitrogens with zero attached hydrogens (tertiary/aromatic N) is 1. The molecule has 204 valence electrons. The van der Waals surface area contributed by atoms with Crippen LogP contribution in [0.3, 0.4) is 0 Å². The molecule has 0 aromatic heterocycles. The van der Waals surface area contributed by atoms with E-state index in [2.05, 4.69) is 5.32 Å². The highest BCUT2D eigenvalue weighted by molar-refractivity contribution is 6.05. The number of amides is 2. The molecule has 0 atom stereocenters. The van der Waals surface area contributed by atoms with E-state index in [0.717, 1.165) is 0 Å². The lowest BCUT2D eigenvalue weighted by atomic mass is 10.0. The lowest BCUT2D eigenvalue weighted by Gasteiger charge is -2.30. The molecular weight excluding hydrogens is 534 g/mol. The number of ether oxygens (including phenoxy) is 2. The average Bonchev–Trinajstić information content (AvgIpc) is 2.88. The first-order valence-electron chi connectivity index (χ1n) is 11.1. The minimum absolute atomic E-state index is 0.0139. The van der Waals surface area contributed by atoms with Gasteiger partial charge in [-0.3, -0.25) is 9.59 Å². The largest absolute Gasteiger partial charge is 0.482 e. The molecule has 0 saturated heterocycles. The zero-order chi connectivity index (χ0) is 28.5. The van der Waals surface area contributed by atoms with Crippen molar-refractivity contribution in [3.05, 3.63) is 88.5 Å². The molecule has 0 spiro atoms. The highest BCUT2D eigenvalue weighted by Crippen LogP contribution is 2.38. The van der Waals surface area contributed by atoms with Gasteiger partial charge in [-0.2, -0.15) is 26.3 Å². The standard InChI is InChI=1S/C26H18F6N2O5/c1-38-24(37)15-4-2-3-14(7-15)12-34-20-11-19(5-6-21(20)39-13-22(34)35)33-23(36)16-8-17(25(27,28)29)10-18(9-16)26(30,31)32/h2-11H,12-13H2,1H3,(H,33,36). The maximum atomic E-state index is 13.2. The fraction of sp³-hybridized carbons (Fsp3) is 0.192. The first-order chi connectivity index (χ1) is 18.3. The molecule has 3 aromatic rings. The number of carbonyl (C=O) groups is 3. The van der Waals surface area contributed by atoms with Crippen LogP contribution in [-0.2, 0) is 28.4 Å². The molecule has 4 rings (SSSR count). The number of carbonyl (C=O) groups excluding carboxylic acids is 3. The molecule has 2 amide bonds. The molecular formula is C26H18F6N2O5. The Morgan fingerprint density at radius 2 is 1.59 bits per heavy atom. The fourth-order valence-electron chi connectivity index (χ4n) is 3.84. The lowest BCUT2D eigenvalue weighted by Crippen LogP contribution is -2.38. The van der Waals surface area contributed by atoms with Crippen molar-refractivity contribution in [2.75, 3.05) is 23.9 Å². The number of halogens is 6. The molecule has 1 N–H and O–H groups in total. The van der Waals surface area contributed by atoms with Gasteiger partial charge in [0.15, 0.2) is 6.61 Å². The van der Waals surface area contributed by atoms with Crippen LogP contribution >= 0.6 is 0 Å². The van der Waals surface area contributed by atoms with Crippen LogP contribution in [0.1, 0.15) is 37.4 Å². The van der Waals surface area contributed by atoms with Crippen LogP contribution in [0.5, 0.6) is 5.75 Å². The maximum absolute atomic E-state index is 13.2. The van der Waals surface area contributed by atoms with Gasteiger partial charge >= 0.3 is 18.3 Å². The van der Waals surface area contributed by atoms with Gasteiger partial charge in [0, 0.05) is 11.3 Å². The van der Waals surface area contributed by atoms with Crippen molar-refractivity contribution in [2.45, 2.75) is 18.9 Å². The Morgan fingerprint density at radius 3 is 2.21 bits per heavy atom. The normalized spacial score (nSPS) is 13.4. The number of alkyl halides is 6. The summed E-state index contributed by atoms with van der Waals surface area (Å²) in [6.07, 6.45) is -10.2. The van der Waals surface area contributed by atoms with E-state index in [4.69, 9.17) is 9.47 Å². The molecule has 0 aliphatic carbocycles. The summed E-state index contributed by atoms with van der Waals surface area (Å²) in [5, 5.41) is 2.27. The van der Waals surface area contributed by atoms with E-state index in [0.29, 0.717) is 17.7 Å². The summed E-state index contributed by atoms with van der Waals surface area (Å²) in [6.45, 7) is -0.320.